The quantitative estimate of drug-likeness (QED) is 0.805. The molecule has 156 valence electrons. The Morgan fingerprint density at radius 1 is 1.07 bits per heavy atom. The van der Waals surface area contributed by atoms with Crippen LogP contribution in [0.15, 0.2) is 57.8 Å². The Kier molecular flexibility index (Phi) is 4.85. The lowest BCUT2D eigenvalue weighted by atomic mass is 10.0. The number of carbonyl (C=O) groups excluding carboxylic acids is 1. The van der Waals surface area contributed by atoms with Crippen molar-refractivity contribution in [3.05, 3.63) is 59.7 Å². The van der Waals surface area contributed by atoms with Crippen molar-refractivity contribution < 1.29 is 13.2 Å². The molecule has 0 radical (unpaired) electrons. The van der Waals surface area contributed by atoms with E-state index in [1.807, 2.05) is 35.2 Å². The number of anilines is 1. The van der Waals surface area contributed by atoms with Crippen molar-refractivity contribution in [3.63, 3.8) is 0 Å². The van der Waals surface area contributed by atoms with E-state index in [9.17, 15) is 13.2 Å². The number of sulfonamides is 1. The first-order valence-electron chi connectivity index (χ1n) is 10.6. The highest BCUT2D eigenvalue weighted by Gasteiger charge is 2.35. The van der Waals surface area contributed by atoms with E-state index in [-0.39, 0.29) is 16.8 Å². The molecule has 2 aromatic rings. The van der Waals surface area contributed by atoms with Crippen molar-refractivity contribution in [2.75, 3.05) is 11.4 Å². The molecule has 30 heavy (non-hydrogen) atoms. The van der Waals surface area contributed by atoms with Crippen molar-refractivity contribution in [1.82, 2.24) is 5.32 Å². The van der Waals surface area contributed by atoms with Crippen LogP contribution in [0.4, 0.5) is 5.69 Å². The first-order chi connectivity index (χ1) is 14.5. The summed E-state index contributed by atoms with van der Waals surface area (Å²) in [7, 11) is -3.80. The van der Waals surface area contributed by atoms with Crippen molar-refractivity contribution >= 4 is 27.5 Å². The highest BCUT2D eigenvalue weighted by molar-refractivity contribution is 7.90. The molecule has 1 saturated carbocycles. The number of fused-ring (bicyclic) bond motifs is 3. The number of nitrogens with zero attached hydrogens (tertiary/aromatic N) is 2. The van der Waals surface area contributed by atoms with Gasteiger partial charge >= 0.3 is 0 Å². The maximum atomic E-state index is 13.0. The van der Waals surface area contributed by atoms with Gasteiger partial charge < -0.3 is 10.2 Å². The summed E-state index contributed by atoms with van der Waals surface area (Å²) in [6.45, 7) is 0.755. The largest absolute Gasteiger partial charge is 0.345 e. The van der Waals surface area contributed by atoms with E-state index < -0.39 is 10.0 Å². The van der Waals surface area contributed by atoms with E-state index in [1.54, 1.807) is 12.1 Å². The third-order valence-electron chi connectivity index (χ3n) is 6.15. The third kappa shape index (κ3) is 3.62. The van der Waals surface area contributed by atoms with Crippen LogP contribution >= 0.6 is 0 Å². The molecule has 0 aromatic heterocycles. The number of hydrogen-bond donors (Lipinski definition) is 1. The van der Waals surface area contributed by atoms with Crippen LogP contribution in [-0.2, 0) is 10.0 Å². The van der Waals surface area contributed by atoms with Crippen LogP contribution in [0, 0.1) is 5.92 Å². The monoisotopic (exact) mass is 423 g/mol. The van der Waals surface area contributed by atoms with Gasteiger partial charge in [0.05, 0.1) is 11.7 Å². The number of amides is 1. The van der Waals surface area contributed by atoms with Gasteiger partial charge in [0, 0.05) is 18.5 Å². The Morgan fingerprint density at radius 2 is 1.87 bits per heavy atom. The highest BCUT2D eigenvalue weighted by Crippen LogP contribution is 2.41. The van der Waals surface area contributed by atoms with E-state index >= 15 is 0 Å². The van der Waals surface area contributed by atoms with Crippen LogP contribution in [0.1, 0.15) is 60.5 Å². The van der Waals surface area contributed by atoms with Gasteiger partial charge in [-0.25, -0.2) is 0 Å². The lowest BCUT2D eigenvalue weighted by Crippen LogP contribution is -2.35. The molecule has 2 fully saturated rings. The second-order valence-corrected chi connectivity index (χ2v) is 9.90. The molecule has 1 amide bonds. The lowest BCUT2D eigenvalue weighted by Gasteiger charge is -2.29. The minimum atomic E-state index is -3.80. The lowest BCUT2D eigenvalue weighted by molar-refractivity contribution is 0.0931. The van der Waals surface area contributed by atoms with E-state index in [4.69, 9.17) is 0 Å². The van der Waals surface area contributed by atoms with Crippen LogP contribution in [0.2, 0.25) is 0 Å². The Hall–Kier alpha value is -2.67. The summed E-state index contributed by atoms with van der Waals surface area (Å²) in [5, 5.41) is 3.13. The Morgan fingerprint density at radius 3 is 2.63 bits per heavy atom. The van der Waals surface area contributed by atoms with Gasteiger partial charge in [0.25, 0.3) is 15.9 Å². The number of nitrogens with one attached hydrogen (secondary N) is 1. The first-order valence-corrected chi connectivity index (χ1v) is 12.1. The topological polar surface area (TPSA) is 78.8 Å². The van der Waals surface area contributed by atoms with E-state index in [0.717, 1.165) is 44.2 Å². The summed E-state index contributed by atoms with van der Waals surface area (Å²) in [5.41, 5.74) is 2.07. The zero-order chi connectivity index (χ0) is 20.7. The maximum absolute atomic E-state index is 13.0. The molecule has 1 saturated heterocycles. The van der Waals surface area contributed by atoms with Crippen molar-refractivity contribution in [1.29, 1.82) is 0 Å². The normalized spacial score (nSPS) is 20.9. The number of rotatable bonds is 4. The molecule has 2 aromatic carbocycles. The minimum absolute atomic E-state index is 0.0541. The van der Waals surface area contributed by atoms with E-state index in [0.29, 0.717) is 29.4 Å². The van der Waals surface area contributed by atoms with E-state index in [2.05, 4.69) is 9.71 Å². The van der Waals surface area contributed by atoms with E-state index in [1.165, 1.54) is 6.07 Å². The van der Waals surface area contributed by atoms with Gasteiger partial charge in [-0.2, -0.15) is 8.42 Å². The van der Waals surface area contributed by atoms with Gasteiger partial charge in [0.1, 0.15) is 10.7 Å². The van der Waals surface area contributed by atoms with Crippen molar-refractivity contribution in [2.45, 2.75) is 49.5 Å². The Bertz CT molecular complexity index is 1110. The summed E-state index contributed by atoms with van der Waals surface area (Å²) in [6, 6.07) is 14.9. The fourth-order valence-corrected chi connectivity index (χ4v) is 5.69. The highest BCUT2D eigenvalue weighted by atomic mass is 32.2. The summed E-state index contributed by atoms with van der Waals surface area (Å²) in [4.78, 5) is 15.2. The van der Waals surface area contributed by atoms with Gasteiger partial charge in [-0.15, -0.1) is 4.40 Å². The maximum Gasteiger partial charge on any atom is 0.286 e. The predicted octanol–water partition coefficient (Wildman–Crippen LogP) is 4.05. The summed E-state index contributed by atoms with van der Waals surface area (Å²) >= 11 is 0. The second-order valence-electron chi connectivity index (χ2n) is 8.33. The fraction of sp³-hybridized carbons (Fsp3) is 0.391. The molecule has 7 heteroatoms. The zero-order valence-electron chi connectivity index (χ0n) is 16.8. The molecule has 2 heterocycles. The SMILES string of the molecule is O=C(N[C@@H](c1ccccc1)C1CC1)c1ccc2c(c1)S(=O)(=O)N=C1CCCCCN12. The predicted molar refractivity (Wildman–Crippen MR) is 116 cm³/mol. The van der Waals surface area contributed by atoms with Gasteiger partial charge in [0.2, 0.25) is 0 Å². The third-order valence-corrected chi connectivity index (χ3v) is 7.48. The summed E-state index contributed by atoms with van der Waals surface area (Å²) in [6.07, 6.45) is 5.85. The van der Waals surface area contributed by atoms with Crippen LogP contribution < -0.4 is 10.2 Å². The molecule has 0 spiro atoms. The molecule has 1 aliphatic carbocycles. The van der Waals surface area contributed by atoms with Crippen molar-refractivity contribution in [2.24, 2.45) is 10.3 Å². The van der Waals surface area contributed by atoms with Crippen LogP contribution in [0.25, 0.3) is 0 Å². The molecule has 5 rings (SSSR count). The summed E-state index contributed by atoms with van der Waals surface area (Å²) in [5.74, 6) is 0.802. The summed E-state index contributed by atoms with van der Waals surface area (Å²) < 4.78 is 29.7. The minimum Gasteiger partial charge on any atom is -0.345 e. The van der Waals surface area contributed by atoms with Gasteiger partial charge in [-0.05, 0) is 55.4 Å². The average molecular weight is 424 g/mol. The van der Waals surface area contributed by atoms with Gasteiger partial charge in [0.15, 0.2) is 0 Å². The number of carbonyl (C=O) groups is 1. The molecule has 0 unspecified atom stereocenters. The molecule has 1 atom stereocenters. The average Bonchev–Trinajstić information content (AvgIpc) is 3.59. The molecular weight excluding hydrogens is 398 g/mol. The van der Waals surface area contributed by atoms with Crippen LogP contribution in [-0.4, -0.2) is 26.7 Å². The first kappa shape index (κ1) is 19.3. The smallest absolute Gasteiger partial charge is 0.286 e. The fourth-order valence-electron chi connectivity index (χ4n) is 4.41. The van der Waals surface area contributed by atoms with Gasteiger partial charge in [-0.1, -0.05) is 36.8 Å². The number of benzene rings is 2. The second kappa shape index (κ2) is 7.54. The molecule has 1 N–H and O–H groups in total. The molecule has 0 bridgehead atoms. The van der Waals surface area contributed by atoms with Crippen LogP contribution in [0.5, 0.6) is 0 Å². The van der Waals surface area contributed by atoms with Crippen molar-refractivity contribution in [3.8, 4) is 0 Å². The molecule has 2 aliphatic heterocycles. The van der Waals surface area contributed by atoms with Crippen LogP contribution in [0.3, 0.4) is 0 Å². The number of amidine groups is 1. The molecular formula is C23H25N3O3S. The zero-order valence-corrected chi connectivity index (χ0v) is 17.6. The Labute approximate surface area is 177 Å². The molecule has 3 aliphatic rings. The standard InChI is InChI=1S/C23H25N3O3S/c27-23(24-22(17-10-11-17)16-7-3-1-4-8-16)18-12-13-19-20(15-18)30(28,29)25-21-9-5-2-6-14-26(19)21/h1,3-4,7-8,12-13,15,17,22H,2,5-6,9-11,14H2,(H,24,27)/t22-/m0/s1. The number of hydrogen-bond acceptors (Lipinski definition) is 4. The Balaban J connectivity index is 1.45. The van der Waals surface area contributed by atoms with Gasteiger partial charge in [-0.3, -0.25) is 4.79 Å². The molecule has 6 nitrogen and oxygen atoms in total.